The summed E-state index contributed by atoms with van der Waals surface area (Å²) in [5, 5.41) is 5.65. The molecule has 3 heteroatoms. The van der Waals surface area contributed by atoms with Crippen LogP contribution in [0.25, 0.3) is 0 Å². The Hall–Kier alpha value is -0.380. The van der Waals surface area contributed by atoms with Crippen LogP contribution < -0.4 is 11.1 Å². The Labute approximate surface area is 95.9 Å². The lowest BCUT2D eigenvalue weighted by Gasteiger charge is -2.23. The molecule has 0 aromatic carbocycles. The molecule has 0 unspecified atom stereocenters. The second-order valence-corrected chi connectivity index (χ2v) is 5.70. The standard InChI is InChI=1S/C12H20N2S/c1-10-4-7-15-11(10)8-14-9-12(13)5-2-3-6-12/h4,7,14H,2-3,5-6,8-9,13H2,1H3. The van der Waals surface area contributed by atoms with Crippen molar-refractivity contribution in [2.24, 2.45) is 5.73 Å². The van der Waals surface area contributed by atoms with Crippen LogP contribution in [0.15, 0.2) is 11.4 Å². The molecule has 1 aromatic heterocycles. The molecule has 0 bridgehead atoms. The Morgan fingerprint density at radius 2 is 2.20 bits per heavy atom. The second-order valence-electron chi connectivity index (χ2n) is 4.70. The highest BCUT2D eigenvalue weighted by atomic mass is 32.1. The normalized spacial score (nSPS) is 19.6. The van der Waals surface area contributed by atoms with Crippen LogP contribution in [0.2, 0.25) is 0 Å². The third kappa shape index (κ3) is 2.80. The van der Waals surface area contributed by atoms with Crippen molar-refractivity contribution in [2.75, 3.05) is 6.54 Å². The van der Waals surface area contributed by atoms with E-state index in [1.807, 2.05) is 11.3 Å². The average molecular weight is 224 g/mol. The molecule has 84 valence electrons. The van der Waals surface area contributed by atoms with Gasteiger partial charge in [-0.2, -0.15) is 0 Å². The summed E-state index contributed by atoms with van der Waals surface area (Å²) in [7, 11) is 0. The second kappa shape index (κ2) is 4.64. The van der Waals surface area contributed by atoms with E-state index in [4.69, 9.17) is 5.73 Å². The van der Waals surface area contributed by atoms with Gasteiger partial charge in [0.15, 0.2) is 0 Å². The molecule has 2 nitrogen and oxygen atoms in total. The van der Waals surface area contributed by atoms with Crippen LogP contribution in [0.5, 0.6) is 0 Å². The molecule has 0 spiro atoms. The van der Waals surface area contributed by atoms with Crippen molar-refractivity contribution in [3.05, 3.63) is 21.9 Å². The monoisotopic (exact) mass is 224 g/mol. The van der Waals surface area contributed by atoms with Gasteiger partial charge in [-0.05, 0) is 36.8 Å². The van der Waals surface area contributed by atoms with Crippen LogP contribution in [-0.2, 0) is 6.54 Å². The van der Waals surface area contributed by atoms with Gasteiger partial charge < -0.3 is 11.1 Å². The van der Waals surface area contributed by atoms with Crippen molar-refractivity contribution in [3.8, 4) is 0 Å². The third-order valence-electron chi connectivity index (χ3n) is 3.33. The van der Waals surface area contributed by atoms with Crippen molar-refractivity contribution in [2.45, 2.75) is 44.7 Å². The fraction of sp³-hybridized carbons (Fsp3) is 0.667. The lowest BCUT2D eigenvalue weighted by Crippen LogP contribution is -2.46. The lowest BCUT2D eigenvalue weighted by molar-refractivity contribution is 0.405. The molecule has 1 aliphatic rings. The molecule has 1 saturated carbocycles. The van der Waals surface area contributed by atoms with E-state index in [0.29, 0.717) is 0 Å². The first-order chi connectivity index (χ1) is 7.20. The van der Waals surface area contributed by atoms with Crippen LogP contribution >= 0.6 is 11.3 Å². The number of nitrogens with two attached hydrogens (primary N) is 1. The SMILES string of the molecule is Cc1ccsc1CNCC1(N)CCCC1. The number of hydrogen-bond acceptors (Lipinski definition) is 3. The molecule has 2 rings (SSSR count). The molecule has 1 fully saturated rings. The van der Waals surface area contributed by atoms with Gasteiger partial charge in [0.05, 0.1) is 0 Å². The van der Waals surface area contributed by atoms with E-state index in [9.17, 15) is 0 Å². The molecule has 0 aliphatic heterocycles. The molecule has 0 amide bonds. The van der Waals surface area contributed by atoms with Crippen molar-refractivity contribution in [1.29, 1.82) is 0 Å². The first kappa shape index (κ1) is 11.1. The smallest absolute Gasteiger partial charge is 0.0303 e. The largest absolute Gasteiger partial charge is 0.324 e. The first-order valence-corrected chi connectivity index (χ1v) is 6.60. The van der Waals surface area contributed by atoms with Gasteiger partial charge >= 0.3 is 0 Å². The molecular weight excluding hydrogens is 204 g/mol. The van der Waals surface area contributed by atoms with Gasteiger partial charge in [0.2, 0.25) is 0 Å². The number of nitrogens with one attached hydrogen (secondary N) is 1. The summed E-state index contributed by atoms with van der Waals surface area (Å²) in [6, 6.07) is 2.18. The van der Waals surface area contributed by atoms with E-state index in [1.54, 1.807) is 0 Å². The van der Waals surface area contributed by atoms with Crippen molar-refractivity contribution in [1.82, 2.24) is 5.32 Å². The van der Waals surface area contributed by atoms with E-state index >= 15 is 0 Å². The molecule has 0 saturated heterocycles. The van der Waals surface area contributed by atoms with Crippen molar-refractivity contribution < 1.29 is 0 Å². The van der Waals surface area contributed by atoms with Gasteiger partial charge in [-0.1, -0.05) is 12.8 Å². The summed E-state index contributed by atoms with van der Waals surface area (Å²) in [4.78, 5) is 1.44. The predicted octanol–water partition coefficient (Wildman–Crippen LogP) is 2.42. The summed E-state index contributed by atoms with van der Waals surface area (Å²) < 4.78 is 0. The molecule has 1 aliphatic carbocycles. The Morgan fingerprint density at radius 3 is 2.80 bits per heavy atom. The molecule has 15 heavy (non-hydrogen) atoms. The number of hydrogen-bond donors (Lipinski definition) is 2. The van der Waals surface area contributed by atoms with Crippen LogP contribution in [0, 0.1) is 6.92 Å². The molecule has 0 radical (unpaired) electrons. The average Bonchev–Trinajstić information content (AvgIpc) is 2.78. The Kier molecular flexibility index (Phi) is 3.44. The number of aryl methyl sites for hydroxylation is 1. The third-order valence-corrected chi connectivity index (χ3v) is 4.35. The lowest BCUT2D eigenvalue weighted by atomic mass is 9.99. The highest BCUT2D eigenvalue weighted by Gasteiger charge is 2.28. The topological polar surface area (TPSA) is 38.0 Å². The number of rotatable bonds is 4. The Morgan fingerprint density at radius 1 is 1.47 bits per heavy atom. The number of thiophene rings is 1. The van der Waals surface area contributed by atoms with E-state index in [-0.39, 0.29) is 5.54 Å². The summed E-state index contributed by atoms with van der Waals surface area (Å²) in [5.41, 5.74) is 7.75. The maximum atomic E-state index is 6.28. The van der Waals surface area contributed by atoms with E-state index in [2.05, 4.69) is 23.7 Å². The van der Waals surface area contributed by atoms with Gasteiger partial charge in [-0.3, -0.25) is 0 Å². The minimum absolute atomic E-state index is 0.0746. The molecular formula is C12H20N2S. The van der Waals surface area contributed by atoms with Gasteiger partial charge in [-0.15, -0.1) is 11.3 Å². The zero-order chi connectivity index (χ0) is 10.7. The Bertz CT molecular complexity index is 313. The van der Waals surface area contributed by atoms with Crippen molar-refractivity contribution >= 4 is 11.3 Å². The van der Waals surface area contributed by atoms with E-state index in [1.165, 1.54) is 36.1 Å². The maximum Gasteiger partial charge on any atom is 0.0303 e. The van der Waals surface area contributed by atoms with Crippen LogP contribution in [-0.4, -0.2) is 12.1 Å². The van der Waals surface area contributed by atoms with Crippen LogP contribution in [0.1, 0.15) is 36.1 Å². The zero-order valence-corrected chi connectivity index (χ0v) is 10.2. The maximum absolute atomic E-state index is 6.28. The fourth-order valence-electron chi connectivity index (χ4n) is 2.27. The van der Waals surface area contributed by atoms with Crippen LogP contribution in [0.4, 0.5) is 0 Å². The highest BCUT2D eigenvalue weighted by Crippen LogP contribution is 2.26. The fourth-order valence-corrected chi connectivity index (χ4v) is 3.14. The predicted molar refractivity (Wildman–Crippen MR) is 66.1 cm³/mol. The minimum Gasteiger partial charge on any atom is -0.324 e. The molecule has 3 N–H and O–H groups in total. The van der Waals surface area contributed by atoms with E-state index in [0.717, 1.165) is 13.1 Å². The summed E-state index contributed by atoms with van der Waals surface area (Å²) in [6.07, 6.45) is 4.97. The van der Waals surface area contributed by atoms with Crippen molar-refractivity contribution in [3.63, 3.8) is 0 Å². The van der Waals surface area contributed by atoms with Gasteiger partial charge in [0.25, 0.3) is 0 Å². The highest BCUT2D eigenvalue weighted by molar-refractivity contribution is 7.10. The quantitative estimate of drug-likeness (QED) is 0.824. The summed E-state index contributed by atoms with van der Waals surface area (Å²) in [5.74, 6) is 0. The van der Waals surface area contributed by atoms with Gasteiger partial charge in [0, 0.05) is 23.5 Å². The summed E-state index contributed by atoms with van der Waals surface area (Å²) >= 11 is 1.83. The minimum atomic E-state index is 0.0746. The molecule has 0 atom stereocenters. The van der Waals surface area contributed by atoms with Crippen LogP contribution in [0.3, 0.4) is 0 Å². The molecule has 1 heterocycles. The molecule has 1 aromatic rings. The van der Waals surface area contributed by atoms with E-state index < -0.39 is 0 Å². The van der Waals surface area contributed by atoms with Gasteiger partial charge in [-0.25, -0.2) is 0 Å². The Balaban J connectivity index is 1.77. The summed E-state index contributed by atoms with van der Waals surface area (Å²) in [6.45, 7) is 4.11. The van der Waals surface area contributed by atoms with Gasteiger partial charge in [0.1, 0.15) is 0 Å². The first-order valence-electron chi connectivity index (χ1n) is 5.72. The zero-order valence-electron chi connectivity index (χ0n) is 9.38.